The van der Waals surface area contributed by atoms with Gasteiger partial charge in [0.2, 0.25) is 0 Å². The lowest BCUT2D eigenvalue weighted by Gasteiger charge is -2.18. The van der Waals surface area contributed by atoms with Gasteiger partial charge in [-0.25, -0.2) is 8.42 Å². The van der Waals surface area contributed by atoms with Gasteiger partial charge in [-0.1, -0.05) is 6.92 Å². The van der Waals surface area contributed by atoms with Crippen LogP contribution in [-0.2, 0) is 14.6 Å². The van der Waals surface area contributed by atoms with Crippen LogP contribution in [0.4, 0.5) is 0 Å². The van der Waals surface area contributed by atoms with Crippen LogP contribution in [0.25, 0.3) is 0 Å². The summed E-state index contributed by atoms with van der Waals surface area (Å²) in [4.78, 5) is 0. The monoisotopic (exact) mass is 279 g/mol. The standard InChI is InChI=1S/C12H25NO4S/c1-2-6-13-11(5-7-14)9-18(15,16)10-12-4-3-8-17-12/h11-14H,2-10H2,1H3. The Morgan fingerprint density at radius 2 is 2.28 bits per heavy atom. The van der Waals surface area contributed by atoms with E-state index < -0.39 is 9.84 Å². The molecule has 1 rings (SSSR count). The highest BCUT2D eigenvalue weighted by Crippen LogP contribution is 2.15. The maximum absolute atomic E-state index is 12.0. The molecule has 0 aromatic heterocycles. The Hall–Kier alpha value is -0.170. The highest BCUT2D eigenvalue weighted by atomic mass is 32.2. The molecule has 18 heavy (non-hydrogen) atoms. The fourth-order valence-electron chi connectivity index (χ4n) is 2.18. The van der Waals surface area contributed by atoms with Gasteiger partial charge in [0.15, 0.2) is 9.84 Å². The topological polar surface area (TPSA) is 75.6 Å². The van der Waals surface area contributed by atoms with E-state index in [2.05, 4.69) is 5.32 Å². The molecular formula is C12H25NO4S. The van der Waals surface area contributed by atoms with Crippen molar-refractivity contribution in [3.05, 3.63) is 0 Å². The number of ether oxygens (including phenoxy) is 1. The van der Waals surface area contributed by atoms with Crippen molar-refractivity contribution in [3.8, 4) is 0 Å². The van der Waals surface area contributed by atoms with Gasteiger partial charge in [0.05, 0.1) is 17.6 Å². The van der Waals surface area contributed by atoms with E-state index in [4.69, 9.17) is 9.84 Å². The number of aliphatic hydroxyl groups excluding tert-OH is 1. The van der Waals surface area contributed by atoms with E-state index in [1.54, 1.807) is 0 Å². The molecule has 6 heteroatoms. The maximum atomic E-state index is 12.0. The average Bonchev–Trinajstić information content (AvgIpc) is 2.77. The molecule has 0 aliphatic carbocycles. The van der Waals surface area contributed by atoms with E-state index in [-0.39, 0.29) is 30.3 Å². The Kier molecular flexibility index (Phi) is 7.14. The Morgan fingerprint density at radius 1 is 1.50 bits per heavy atom. The Labute approximate surface area is 110 Å². The SMILES string of the molecule is CCCNC(CCO)CS(=O)(=O)CC1CCCO1. The summed E-state index contributed by atoms with van der Waals surface area (Å²) in [6.07, 6.45) is 3.09. The molecule has 0 aromatic carbocycles. The van der Waals surface area contributed by atoms with Crippen molar-refractivity contribution in [2.75, 3.05) is 31.3 Å². The van der Waals surface area contributed by atoms with E-state index in [9.17, 15) is 8.42 Å². The second-order valence-corrected chi connectivity index (χ2v) is 7.03. The van der Waals surface area contributed by atoms with Gasteiger partial charge in [0.1, 0.15) is 0 Å². The molecule has 1 fully saturated rings. The predicted octanol–water partition coefficient (Wildman–Crippen LogP) is 0.331. The van der Waals surface area contributed by atoms with Crippen LogP contribution in [0.15, 0.2) is 0 Å². The van der Waals surface area contributed by atoms with Crippen LogP contribution in [0.5, 0.6) is 0 Å². The summed E-state index contributed by atoms with van der Waals surface area (Å²) in [6.45, 7) is 3.50. The normalized spacial score (nSPS) is 22.2. The third-order valence-electron chi connectivity index (χ3n) is 3.08. The highest BCUT2D eigenvalue weighted by Gasteiger charge is 2.25. The average molecular weight is 279 g/mol. The fourth-order valence-corrected chi connectivity index (χ4v) is 4.05. The van der Waals surface area contributed by atoms with Crippen LogP contribution in [-0.4, -0.2) is 56.9 Å². The lowest BCUT2D eigenvalue weighted by atomic mass is 10.2. The Balaban J connectivity index is 2.43. The zero-order chi connectivity index (χ0) is 13.4. The quantitative estimate of drug-likeness (QED) is 0.636. The maximum Gasteiger partial charge on any atom is 0.154 e. The van der Waals surface area contributed by atoms with Crippen molar-refractivity contribution < 1.29 is 18.3 Å². The van der Waals surface area contributed by atoms with Crippen molar-refractivity contribution in [2.45, 2.75) is 44.8 Å². The molecule has 108 valence electrons. The zero-order valence-electron chi connectivity index (χ0n) is 11.1. The summed E-state index contributed by atoms with van der Waals surface area (Å²) < 4.78 is 29.4. The van der Waals surface area contributed by atoms with Gasteiger partial charge >= 0.3 is 0 Å². The van der Waals surface area contributed by atoms with Crippen LogP contribution in [0.2, 0.25) is 0 Å². The molecule has 0 radical (unpaired) electrons. The summed E-state index contributed by atoms with van der Waals surface area (Å²) in [7, 11) is -3.12. The van der Waals surface area contributed by atoms with Crippen LogP contribution >= 0.6 is 0 Å². The van der Waals surface area contributed by atoms with Crippen LogP contribution < -0.4 is 5.32 Å². The summed E-state index contributed by atoms with van der Waals surface area (Å²) in [6, 6.07) is -0.152. The number of nitrogens with one attached hydrogen (secondary N) is 1. The van der Waals surface area contributed by atoms with E-state index >= 15 is 0 Å². The minimum Gasteiger partial charge on any atom is -0.396 e. The van der Waals surface area contributed by atoms with Gasteiger partial charge in [0, 0.05) is 19.3 Å². The first kappa shape index (κ1) is 15.9. The molecule has 5 nitrogen and oxygen atoms in total. The molecule has 1 aliphatic heterocycles. The number of rotatable bonds is 9. The molecule has 2 N–H and O–H groups in total. The minimum absolute atomic E-state index is 0.0107. The van der Waals surface area contributed by atoms with Crippen molar-refractivity contribution in [1.29, 1.82) is 0 Å². The second-order valence-electron chi connectivity index (χ2n) is 4.88. The summed E-state index contributed by atoms with van der Waals surface area (Å²) in [5.74, 6) is 0.205. The van der Waals surface area contributed by atoms with Crippen molar-refractivity contribution in [2.24, 2.45) is 0 Å². The molecule has 1 heterocycles. The van der Waals surface area contributed by atoms with Gasteiger partial charge in [-0.2, -0.15) is 0 Å². The summed E-state index contributed by atoms with van der Waals surface area (Å²) >= 11 is 0. The van der Waals surface area contributed by atoms with Crippen molar-refractivity contribution in [3.63, 3.8) is 0 Å². The van der Waals surface area contributed by atoms with Crippen LogP contribution in [0.1, 0.15) is 32.6 Å². The van der Waals surface area contributed by atoms with E-state index in [0.717, 1.165) is 25.8 Å². The number of hydrogen-bond acceptors (Lipinski definition) is 5. The molecule has 1 aliphatic rings. The molecular weight excluding hydrogens is 254 g/mol. The van der Waals surface area contributed by atoms with Crippen molar-refractivity contribution in [1.82, 2.24) is 5.32 Å². The third-order valence-corrected chi connectivity index (χ3v) is 4.87. The first-order valence-corrected chi connectivity index (χ1v) is 8.55. The fraction of sp³-hybridized carbons (Fsp3) is 1.00. The molecule has 0 saturated carbocycles. The van der Waals surface area contributed by atoms with E-state index in [1.165, 1.54) is 0 Å². The Bertz CT molecular complexity index is 312. The van der Waals surface area contributed by atoms with Gasteiger partial charge in [-0.05, 0) is 32.2 Å². The molecule has 2 unspecified atom stereocenters. The van der Waals surface area contributed by atoms with Gasteiger partial charge in [-0.3, -0.25) is 0 Å². The van der Waals surface area contributed by atoms with E-state index in [0.29, 0.717) is 13.0 Å². The van der Waals surface area contributed by atoms with Crippen LogP contribution in [0.3, 0.4) is 0 Å². The predicted molar refractivity (Wildman–Crippen MR) is 71.4 cm³/mol. The number of hydrogen-bond donors (Lipinski definition) is 2. The smallest absolute Gasteiger partial charge is 0.154 e. The second kappa shape index (κ2) is 8.09. The van der Waals surface area contributed by atoms with Gasteiger partial charge in [-0.15, -0.1) is 0 Å². The molecule has 1 saturated heterocycles. The lowest BCUT2D eigenvalue weighted by molar-refractivity contribution is 0.127. The molecule has 0 spiro atoms. The van der Waals surface area contributed by atoms with Crippen LogP contribution in [0, 0.1) is 0 Å². The third kappa shape index (κ3) is 6.13. The minimum atomic E-state index is -3.12. The number of sulfone groups is 1. The zero-order valence-corrected chi connectivity index (χ0v) is 11.9. The molecule has 2 atom stereocenters. The molecule has 0 bridgehead atoms. The van der Waals surface area contributed by atoms with Gasteiger partial charge in [0.25, 0.3) is 0 Å². The molecule has 0 aromatic rings. The highest BCUT2D eigenvalue weighted by molar-refractivity contribution is 7.91. The van der Waals surface area contributed by atoms with Crippen molar-refractivity contribution >= 4 is 9.84 Å². The first-order chi connectivity index (χ1) is 8.57. The van der Waals surface area contributed by atoms with Gasteiger partial charge < -0.3 is 15.2 Å². The largest absolute Gasteiger partial charge is 0.396 e. The summed E-state index contributed by atoms with van der Waals surface area (Å²) in [5.41, 5.74) is 0. The Morgan fingerprint density at radius 3 is 2.83 bits per heavy atom. The number of aliphatic hydroxyl groups is 1. The lowest BCUT2D eigenvalue weighted by Crippen LogP contribution is -2.39. The molecule has 0 amide bonds. The van der Waals surface area contributed by atoms with E-state index in [1.807, 2.05) is 6.92 Å². The summed E-state index contributed by atoms with van der Waals surface area (Å²) in [5, 5.41) is 12.1. The first-order valence-electron chi connectivity index (χ1n) is 6.73.